The lowest BCUT2D eigenvalue weighted by Crippen LogP contribution is -1.93. The minimum Gasteiger partial charge on any atom is -0.0917 e. The average Bonchev–Trinajstić information content (AvgIpc) is 2.14. The summed E-state index contributed by atoms with van der Waals surface area (Å²) < 4.78 is 0. The van der Waals surface area contributed by atoms with Crippen LogP contribution in [-0.2, 0) is 0 Å². The summed E-state index contributed by atoms with van der Waals surface area (Å²) in [5.41, 5.74) is 0. The van der Waals surface area contributed by atoms with Gasteiger partial charge in [-0.3, -0.25) is 0 Å². The van der Waals surface area contributed by atoms with Crippen molar-refractivity contribution in [3.8, 4) is 0 Å². The SMILES string of the molecule is CC=CCCC(C=CC)CC=CC. The van der Waals surface area contributed by atoms with Crippen molar-refractivity contribution in [1.29, 1.82) is 0 Å². The zero-order valence-corrected chi connectivity index (χ0v) is 9.16. The summed E-state index contributed by atoms with van der Waals surface area (Å²) in [6.07, 6.45) is 16.9. The second kappa shape index (κ2) is 9.31. The fourth-order valence-electron chi connectivity index (χ4n) is 1.35. The van der Waals surface area contributed by atoms with Crippen molar-refractivity contribution in [2.75, 3.05) is 0 Å². The van der Waals surface area contributed by atoms with Gasteiger partial charge in [-0.05, 0) is 46.0 Å². The fraction of sp³-hybridized carbons (Fsp3) is 0.538. The quantitative estimate of drug-likeness (QED) is 0.525. The molecule has 0 saturated carbocycles. The van der Waals surface area contributed by atoms with E-state index in [1.54, 1.807) is 0 Å². The summed E-state index contributed by atoms with van der Waals surface area (Å²) in [5.74, 6) is 0.720. The normalized spacial score (nSPS) is 15.0. The van der Waals surface area contributed by atoms with Crippen LogP contribution in [0.5, 0.6) is 0 Å². The summed E-state index contributed by atoms with van der Waals surface area (Å²) in [7, 11) is 0. The van der Waals surface area contributed by atoms with Crippen molar-refractivity contribution < 1.29 is 0 Å². The lowest BCUT2D eigenvalue weighted by atomic mass is 9.98. The second-order valence-corrected chi connectivity index (χ2v) is 3.24. The molecule has 0 aromatic rings. The van der Waals surface area contributed by atoms with Crippen LogP contribution in [0.3, 0.4) is 0 Å². The van der Waals surface area contributed by atoms with Crippen LogP contribution in [0.2, 0.25) is 0 Å². The predicted octanol–water partition coefficient (Wildman–Crippen LogP) is 4.50. The van der Waals surface area contributed by atoms with Gasteiger partial charge in [-0.2, -0.15) is 0 Å². The molecule has 0 aromatic carbocycles. The van der Waals surface area contributed by atoms with Gasteiger partial charge < -0.3 is 0 Å². The molecule has 0 fully saturated rings. The Morgan fingerprint density at radius 1 is 0.923 bits per heavy atom. The molecule has 0 nitrogen and oxygen atoms in total. The number of allylic oxidation sites excluding steroid dienone is 6. The summed E-state index contributed by atoms with van der Waals surface area (Å²) >= 11 is 0. The maximum atomic E-state index is 2.31. The van der Waals surface area contributed by atoms with E-state index in [4.69, 9.17) is 0 Å². The third-order valence-corrected chi connectivity index (χ3v) is 2.08. The maximum absolute atomic E-state index is 2.31. The molecule has 0 rings (SSSR count). The monoisotopic (exact) mass is 178 g/mol. The van der Waals surface area contributed by atoms with Crippen molar-refractivity contribution in [1.82, 2.24) is 0 Å². The molecule has 0 saturated heterocycles. The van der Waals surface area contributed by atoms with Gasteiger partial charge in [0.05, 0.1) is 0 Å². The zero-order chi connectivity index (χ0) is 9.94. The van der Waals surface area contributed by atoms with Gasteiger partial charge in [-0.25, -0.2) is 0 Å². The minimum atomic E-state index is 0.720. The largest absolute Gasteiger partial charge is 0.0917 e. The maximum Gasteiger partial charge on any atom is -0.0196 e. The molecule has 0 spiro atoms. The molecular weight excluding hydrogens is 156 g/mol. The Hall–Kier alpha value is -0.780. The predicted molar refractivity (Wildman–Crippen MR) is 61.8 cm³/mol. The van der Waals surface area contributed by atoms with Crippen molar-refractivity contribution in [3.05, 3.63) is 36.5 Å². The molecule has 0 heteroatoms. The van der Waals surface area contributed by atoms with E-state index in [9.17, 15) is 0 Å². The number of hydrogen-bond acceptors (Lipinski definition) is 0. The van der Waals surface area contributed by atoms with Gasteiger partial charge in [0.2, 0.25) is 0 Å². The standard InChI is InChI=1S/C13H22/c1-4-7-9-12-13(10-6-3)11-8-5-2/h4-8,10,13H,9,11-12H2,1-3H3. The molecule has 1 atom stereocenters. The molecule has 0 amide bonds. The molecule has 13 heavy (non-hydrogen) atoms. The third-order valence-electron chi connectivity index (χ3n) is 2.08. The van der Waals surface area contributed by atoms with Gasteiger partial charge in [-0.15, -0.1) is 0 Å². The van der Waals surface area contributed by atoms with E-state index in [1.807, 2.05) is 0 Å². The molecule has 0 aromatic heterocycles. The highest BCUT2D eigenvalue weighted by Crippen LogP contribution is 2.14. The Labute approximate surface area is 83.0 Å². The molecule has 0 aliphatic heterocycles. The van der Waals surface area contributed by atoms with E-state index in [0.29, 0.717) is 0 Å². The molecule has 1 unspecified atom stereocenters. The first-order valence-electron chi connectivity index (χ1n) is 5.20. The summed E-state index contributed by atoms with van der Waals surface area (Å²) in [6.45, 7) is 6.26. The van der Waals surface area contributed by atoms with Gasteiger partial charge in [-0.1, -0.05) is 36.5 Å². The summed E-state index contributed by atoms with van der Waals surface area (Å²) in [5, 5.41) is 0. The Balaban J connectivity index is 3.79. The minimum absolute atomic E-state index is 0.720. The first-order chi connectivity index (χ1) is 6.35. The van der Waals surface area contributed by atoms with Crippen LogP contribution in [-0.4, -0.2) is 0 Å². The van der Waals surface area contributed by atoms with E-state index in [-0.39, 0.29) is 0 Å². The van der Waals surface area contributed by atoms with Crippen LogP contribution in [0, 0.1) is 5.92 Å². The van der Waals surface area contributed by atoms with Gasteiger partial charge in [0.25, 0.3) is 0 Å². The molecule has 0 N–H and O–H groups in total. The van der Waals surface area contributed by atoms with Crippen LogP contribution in [0.15, 0.2) is 36.5 Å². The molecule has 0 radical (unpaired) electrons. The van der Waals surface area contributed by atoms with Crippen molar-refractivity contribution >= 4 is 0 Å². The van der Waals surface area contributed by atoms with Crippen molar-refractivity contribution in [2.45, 2.75) is 40.0 Å². The van der Waals surface area contributed by atoms with E-state index >= 15 is 0 Å². The summed E-state index contributed by atoms with van der Waals surface area (Å²) in [6, 6.07) is 0. The fourth-order valence-corrected chi connectivity index (χ4v) is 1.35. The van der Waals surface area contributed by atoms with Crippen LogP contribution < -0.4 is 0 Å². The topological polar surface area (TPSA) is 0 Å². The Kier molecular flexibility index (Phi) is 8.75. The molecule has 0 aliphatic carbocycles. The van der Waals surface area contributed by atoms with Crippen molar-refractivity contribution in [3.63, 3.8) is 0 Å². The lowest BCUT2D eigenvalue weighted by molar-refractivity contribution is 0.605. The Morgan fingerprint density at radius 2 is 1.62 bits per heavy atom. The van der Waals surface area contributed by atoms with Crippen molar-refractivity contribution in [2.24, 2.45) is 5.92 Å². The highest BCUT2D eigenvalue weighted by atomic mass is 14.0. The number of hydrogen-bond donors (Lipinski definition) is 0. The summed E-state index contributed by atoms with van der Waals surface area (Å²) in [4.78, 5) is 0. The van der Waals surface area contributed by atoms with E-state index in [0.717, 1.165) is 5.92 Å². The van der Waals surface area contributed by atoms with Gasteiger partial charge in [0, 0.05) is 0 Å². The third kappa shape index (κ3) is 7.58. The van der Waals surface area contributed by atoms with Crippen LogP contribution >= 0.6 is 0 Å². The van der Waals surface area contributed by atoms with E-state index in [1.165, 1.54) is 19.3 Å². The van der Waals surface area contributed by atoms with Gasteiger partial charge in [0.1, 0.15) is 0 Å². The molecule has 0 heterocycles. The second-order valence-electron chi connectivity index (χ2n) is 3.24. The van der Waals surface area contributed by atoms with E-state index < -0.39 is 0 Å². The highest BCUT2D eigenvalue weighted by molar-refractivity contribution is 4.93. The Bertz CT molecular complexity index is 172. The van der Waals surface area contributed by atoms with Gasteiger partial charge in [0.15, 0.2) is 0 Å². The van der Waals surface area contributed by atoms with E-state index in [2.05, 4.69) is 57.2 Å². The highest BCUT2D eigenvalue weighted by Gasteiger charge is 1.99. The first kappa shape index (κ1) is 12.2. The first-order valence-corrected chi connectivity index (χ1v) is 5.20. The smallest absolute Gasteiger partial charge is 0.0196 e. The zero-order valence-electron chi connectivity index (χ0n) is 9.16. The lowest BCUT2D eigenvalue weighted by Gasteiger charge is -2.07. The van der Waals surface area contributed by atoms with Crippen LogP contribution in [0.25, 0.3) is 0 Å². The van der Waals surface area contributed by atoms with Crippen LogP contribution in [0.4, 0.5) is 0 Å². The van der Waals surface area contributed by atoms with Crippen LogP contribution in [0.1, 0.15) is 40.0 Å². The molecule has 74 valence electrons. The molecule has 0 bridgehead atoms. The Morgan fingerprint density at radius 3 is 2.15 bits per heavy atom. The molecule has 0 aliphatic rings. The van der Waals surface area contributed by atoms with Gasteiger partial charge >= 0.3 is 0 Å². The average molecular weight is 178 g/mol. The number of rotatable bonds is 6. The molecular formula is C13H22.